The number of nitrogens with two attached hydrogens (primary N) is 1. The molecule has 0 aliphatic rings. The van der Waals surface area contributed by atoms with E-state index in [1.54, 1.807) is 19.1 Å². The number of carbonyl (C=O) groups is 2. The Balaban J connectivity index is 2.17. The lowest BCUT2D eigenvalue weighted by Gasteiger charge is -2.18. The Hall–Kier alpha value is -2.71. The Morgan fingerprint density at radius 1 is 1.12 bits per heavy atom. The predicted molar refractivity (Wildman–Crippen MR) is 98.8 cm³/mol. The van der Waals surface area contributed by atoms with Gasteiger partial charge in [0.05, 0.1) is 17.4 Å². The van der Waals surface area contributed by atoms with Crippen molar-refractivity contribution in [2.24, 2.45) is 5.14 Å². The molecule has 0 radical (unpaired) electrons. The fourth-order valence-electron chi connectivity index (χ4n) is 2.56. The van der Waals surface area contributed by atoms with E-state index in [-0.39, 0.29) is 23.1 Å². The number of aryl methyl sites for hydroxylation is 1. The molecule has 0 aliphatic carbocycles. The number of hydrogen-bond acceptors (Lipinski definition) is 4. The summed E-state index contributed by atoms with van der Waals surface area (Å²) in [4.78, 5) is 23.8. The first kappa shape index (κ1) is 19.6. The van der Waals surface area contributed by atoms with Gasteiger partial charge in [0.2, 0.25) is 21.8 Å². The smallest absolute Gasteiger partial charge is 0.238 e. The maximum atomic E-state index is 12.4. The van der Waals surface area contributed by atoms with Gasteiger partial charge in [0.15, 0.2) is 0 Å². The van der Waals surface area contributed by atoms with Crippen molar-refractivity contribution in [2.45, 2.75) is 31.2 Å². The third-order valence-electron chi connectivity index (χ3n) is 3.75. The average molecular weight is 375 g/mol. The molecule has 0 saturated heterocycles. The van der Waals surface area contributed by atoms with Gasteiger partial charge in [-0.05, 0) is 30.2 Å². The van der Waals surface area contributed by atoms with E-state index in [4.69, 9.17) is 5.14 Å². The number of sulfonamides is 1. The monoisotopic (exact) mass is 375 g/mol. The maximum absolute atomic E-state index is 12.4. The van der Waals surface area contributed by atoms with Crippen LogP contribution in [0.1, 0.15) is 30.5 Å². The van der Waals surface area contributed by atoms with Crippen LogP contribution in [0, 0.1) is 6.92 Å². The summed E-state index contributed by atoms with van der Waals surface area (Å²) in [5.41, 5.74) is 1.61. The molecule has 2 aromatic rings. The Kier molecular flexibility index (Phi) is 6.12. The second kappa shape index (κ2) is 8.11. The van der Waals surface area contributed by atoms with Crippen LogP contribution in [0.5, 0.6) is 0 Å². The van der Waals surface area contributed by atoms with Gasteiger partial charge in [-0.1, -0.05) is 36.4 Å². The van der Waals surface area contributed by atoms with Gasteiger partial charge in [-0.25, -0.2) is 13.6 Å². The second-order valence-electron chi connectivity index (χ2n) is 5.94. The van der Waals surface area contributed by atoms with E-state index in [2.05, 4.69) is 10.6 Å². The van der Waals surface area contributed by atoms with Crippen molar-refractivity contribution in [1.82, 2.24) is 5.32 Å². The molecule has 138 valence electrons. The molecule has 2 aromatic carbocycles. The highest BCUT2D eigenvalue weighted by molar-refractivity contribution is 7.89. The van der Waals surface area contributed by atoms with Crippen molar-refractivity contribution in [3.05, 3.63) is 59.7 Å². The highest BCUT2D eigenvalue weighted by atomic mass is 32.2. The van der Waals surface area contributed by atoms with Gasteiger partial charge < -0.3 is 10.6 Å². The predicted octanol–water partition coefficient (Wildman–Crippen LogP) is 1.85. The number of anilines is 1. The van der Waals surface area contributed by atoms with Gasteiger partial charge in [-0.2, -0.15) is 0 Å². The summed E-state index contributed by atoms with van der Waals surface area (Å²) in [6.07, 6.45) is 0.00216. The van der Waals surface area contributed by atoms with Gasteiger partial charge in [0.1, 0.15) is 0 Å². The molecule has 0 bridgehead atoms. The zero-order chi connectivity index (χ0) is 19.3. The third kappa shape index (κ3) is 5.40. The van der Waals surface area contributed by atoms with Crippen LogP contribution >= 0.6 is 0 Å². The molecule has 0 fully saturated rings. The average Bonchev–Trinajstić information content (AvgIpc) is 2.55. The molecule has 0 saturated carbocycles. The minimum atomic E-state index is -3.88. The molecule has 8 heteroatoms. The van der Waals surface area contributed by atoms with Crippen LogP contribution in [-0.2, 0) is 19.6 Å². The summed E-state index contributed by atoms with van der Waals surface area (Å²) in [5, 5.41) is 10.6. The highest BCUT2D eigenvalue weighted by Gasteiger charge is 2.18. The molecular weight excluding hydrogens is 354 g/mol. The fraction of sp³-hybridized carbons (Fsp3) is 0.222. The zero-order valence-corrected chi connectivity index (χ0v) is 15.3. The van der Waals surface area contributed by atoms with Crippen LogP contribution in [0.4, 0.5) is 5.69 Å². The van der Waals surface area contributed by atoms with Crippen LogP contribution in [0.15, 0.2) is 53.4 Å². The number of primary sulfonamides is 1. The van der Waals surface area contributed by atoms with Gasteiger partial charge in [0, 0.05) is 12.6 Å². The molecule has 7 nitrogen and oxygen atoms in total. The van der Waals surface area contributed by atoms with E-state index in [9.17, 15) is 18.0 Å². The molecule has 0 spiro atoms. The first-order chi connectivity index (χ1) is 12.2. The molecule has 0 aromatic heterocycles. The van der Waals surface area contributed by atoms with Crippen molar-refractivity contribution in [3.8, 4) is 0 Å². The number of benzene rings is 2. The van der Waals surface area contributed by atoms with Crippen LogP contribution in [-0.4, -0.2) is 20.2 Å². The van der Waals surface area contributed by atoms with Gasteiger partial charge in [0.25, 0.3) is 0 Å². The van der Waals surface area contributed by atoms with E-state index in [0.29, 0.717) is 11.3 Å². The number of hydrogen-bond donors (Lipinski definition) is 3. The van der Waals surface area contributed by atoms with E-state index in [1.165, 1.54) is 13.0 Å². The first-order valence-electron chi connectivity index (χ1n) is 7.92. The van der Waals surface area contributed by atoms with Crippen LogP contribution in [0.2, 0.25) is 0 Å². The van der Waals surface area contributed by atoms with E-state index < -0.39 is 16.1 Å². The molecule has 0 aliphatic heterocycles. The summed E-state index contributed by atoms with van der Waals surface area (Å²) in [6.45, 7) is 3.00. The molecule has 4 N–H and O–H groups in total. The summed E-state index contributed by atoms with van der Waals surface area (Å²) in [6, 6.07) is 13.1. The largest absolute Gasteiger partial charge is 0.349 e. The van der Waals surface area contributed by atoms with Crippen molar-refractivity contribution in [1.29, 1.82) is 0 Å². The lowest BCUT2D eigenvalue weighted by molar-refractivity contribution is -0.120. The maximum Gasteiger partial charge on any atom is 0.238 e. The number of rotatable bonds is 6. The topological polar surface area (TPSA) is 118 Å². The van der Waals surface area contributed by atoms with Crippen molar-refractivity contribution < 1.29 is 18.0 Å². The van der Waals surface area contributed by atoms with Crippen LogP contribution in [0.25, 0.3) is 0 Å². The molecular formula is C18H21N3O4S. The summed E-state index contributed by atoms with van der Waals surface area (Å²) in [5.74, 6) is -0.615. The van der Waals surface area contributed by atoms with Crippen LogP contribution in [0.3, 0.4) is 0 Å². The Morgan fingerprint density at radius 3 is 2.35 bits per heavy atom. The quantitative estimate of drug-likeness (QED) is 0.714. The lowest BCUT2D eigenvalue weighted by Crippen LogP contribution is -2.29. The van der Waals surface area contributed by atoms with Gasteiger partial charge >= 0.3 is 0 Å². The molecule has 2 rings (SSSR count). The lowest BCUT2D eigenvalue weighted by atomic mass is 10.0. The Bertz CT molecular complexity index is 911. The molecule has 0 unspecified atom stereocenters. The number of nitrogens with one attached hydrogen (secondary N) is 2. The number of amides is 2. The second-order valence-corrected chi connectivity index (χ2v) is 7.47. The summed E-state index contributed by atoms with van der Waals surface area (Å²) in [7, 11) is -3.88. The zero-order valence-electron chi connectivity index (χ0n) is 14.5. The van der Waals surface area contributed by atoms with Crippen molar-refractivity contribution >= 4 is 27.5 Å². The molecule has 1 atom stereocenters. The summed E-state index contributed by atoms with van der Waals surface area (Å²) >= 11 is 0. The molecule has 26 heavy (non-hydrogen) atoms. The normalized spacial score (nSPS) is 12.3. The Morgan fingerprint density at radius 2 is 1.77 bits per heavy atom. The number of carbonyl (C=O) groups excluding carboxylic acids is 2. The van der Waals surface area contributed by atoms with Gasteiger partial charge in [-0.3, -0.25) is 9.59 Å². The standard InChI is InChI=1S/C18H21N3O4S/c1-12-8-9-15(10-17(12)26(19,24)25)21-18(23)11-16(20-13(2)22)14-6-4-3-5-7-14/h3-10,16H,11H2,1-2H3,(H,20,22)(H,21,23)(H2,19,24,25)/t16-/m0/s1. The fourth-order valence-corrected chi connectivity index (χ4v) is 3.37. The molecule has 2 amide bonds. The summed E-state index contributed by atoms with van der Waals surface area (Å²) < 4.78 is 23.2. The highest BCUT2D eigenvalue weighted by Crippen LogP contribution is 2.21. The van der Waals surface area contributed by atoms with Gasteiger partial charge in [-0.15, -0.1) is 0 Å². The minimum absolute atomic E-state index is 0.00216. The third-order valence-corrected chi connectivity index (χ3v) is 4.80. The van der Waals surface area contributed by atoms with E-state index in [1.807, 2.05) is 30.3 Å². The van der Waals surface area contributed by atoms with E-state index in [0.717, 1.165) is 5.56 Å². The van der Waals surface area contributed by atoms with Crippen molar-refractivity contribution in [2.75, 3.05) is 5.32 Å². The SMILES string of the molecule is CC(=O)N[C@@H](CC(=O)Nc1ccc(C)c(S(N)(=O)=O)c1)c1ccccc1. The van der Waals surface area contributed by atoms with E-state index >= 15 is 0 Å². The van der Waals surface area contributed by atoms with Crippen LogP contribution < -0.4 is 15.8 Å². The Labute approximate surface area is 152 Å². The van der Waals surface area contributed by atoms with Crippen molar-refractivity contribution in [3.63, 3.8) is 0 Å². The minimum Gasteiger partial charge on any atom is -0.349 e. The first-order valence-corrected chi connectivity index (χ1v) is 9.47. The molecule has 0 heterocycles.